The third-order valence-electron chi connectivity index (χ3n) is 6.69. The maximum Gasteiger partial charge on any atom is 0.326 e. The number of rotatable bonds is 13. The number of carbonyl (C=O) groups is 4. The molecule has 1 heterocycles. The zero-order valence-corrected chi connectivity index (χ0v) is 22.7. The first-order valence-electron chi connectivity index (χ1n) is 12.9. The summed E-state index contributed by atoms with van der Waals surface area (Å²) in [6.45, 7) is 0.367. The average molecular weight is 557 g/mol. The van der Waals surface area contributed by atoms with Crippen molar-refractivity contribution in [1.82, 2.24) is 15.5 Å². The summed E-state index contributed by atoms with van der Waals surface area (Å²) in [5.41, 5.74) is 7.77. The van der Waals surface area contributed by atoms with Gasteiger partial charge in [-0.25, -0.2) is 4.79 Å². The number of carboxylic acid groups (broad SMARTS) is 1. The van der Waals surface area contributed by atoms with E-state index in [-0.39, 0.29) is 30.9 Å². The molecule has 3 rings (SSSR count). The van der Waals surface area contributed by atoms with E-state index in [1.54, 1.807) is 12.1 Å². The minimum atomic E-state index is -1.14. The van der Waals surface area contributed by atoms with Gasteiger partial charge >= 0.3 is 5.97 Å². The van der Waals surface area contributed by atoms with Crippen LogP contribution in [0.15, 0.2) is 54.6 Å². The summed E-state index contributed by atoms with van der Waals surface area (Å²) in [7, 11) is 0. The van der Waals surface area contributed by atoms with E-state index in [9.17, 15) is 29.4 Å². The van der Waals surface area contributed by atoms with E-state index in [0.717, 1.165) is 11.1 Å². The molecule has 0 aliphatic carbocycles. The standard InChI is InChI=1S/C28H36N4O6S/c1-39-15-13-22(28(37)38)30-25(34)23(17-18-6-3-2-4-7-18)31-26(35)24-8-5-14-32(24)27(36)21(29)16-19-9-11-20(33)12-10-19/h2-4,6-7,9-12,21-24,33H,5,8,13-17,29H2,1H3,(H,30,34)(H,31,35)(H,37,38). The fourth-order valence-electron chi connectivity index (χ4n) is 4.58. The van der Waals surface area contributed by atoms with Crippen molar-refractivity contribution in [2.24, 2.45) is 5.73 Å². The molecule has 6 N–H and O–H groups in total. The highest BCUT2D eigenvalue weighted by molar-refractivity contribution is 7.98. The molecular weight excluding hydrogens is 520 g/mol. The predicted octanol–water partition coefficient (Wildman–Crippen LogP) is 1.30. The SMILES string of the molecule is CSCCC(NC(=O)C(Cc1ccccc1)NC(=O)C1CCCN1C(=O)C(N)Cc1ccc(O)cc1)C(=O)O. The van der Waals surface area contributed by atoms with Gasteiger partial charge in [-0.1, -0.05) is 42.5 Å². The average Bonchev–Trinajstić information content (AvgIpc) is 3.42. The number of phenolic OH excluding ortho intramolecular Hbond substituents is 1. The summed E-state index contributed by atoms with van der Waals surface area (Å²) in [6.07, 6.45) is 3.54. The molecule has 3 amide bonds. The van der Waals surface area contributed by atoms with Crippen LogP contribution < -0.4 is 16.4 Å². The van der Waals surface area contributed by atoms with Crippen LogP contribution in [0, 0.1) is 0 Å². The Bertz CT molecular complexity index is 1130. The van der Waals surface area contributed by atoms with Gasteiger partial charge in [0.25, 0.3) is 0 Å². The van der Waals surface area contributed by atoms with Gasteiger partial charge in [0.05, 0.1) is 6.04 Å². The van der Waals surface area contributed by atoms with E-state index in [1.807, 2.05) is 36.6 Å². The first-order chi connectivity index (χ1) is 18.7. The Kier molecular flexibility index (Phi) is 11.2. The van der Waals surface area contributed by atoms with Gasteiger partial charge in [-0.3, -0.25) is 14.4 Å². The Morgan fingerprint density at radius 2 is 1.67 bits per heavy atom. The Balaban J connectivity index is 1.71. The lowest BCUT2D eigenvalue weighted by Crippen LogP contribution is -2.57. The number of nitrogens with two attached hydrogens (primary N) is 1. The highest BCUT2D eigenvalue weighted by Gasteiger charge is 2.38. The third-order valence-corrected chi connectivity index (χ3v) is 7.33. The zero-order valence-electron chi connectivity index (χ0n) is 21.9. The van der Waals surface area contributed by atoms with Crippen molar-refractivity contribution in [1.29, 1.82) is 0 Å². The number of carboxylic acids is 1. The number of thioether (sulfide) groups is 1. The van der Waals surface area contributed by atoms with E-state index in [2.05, 4.69) is 10.6 Å². The number of amides is 3. The van der Waals surface area contributed by atoms with Crippen molar-refractivity contribution < 1.29 is 29.4 Å². The number of hydrogen-bond donors (Lipinski definition) is 5. The summed E-state index contributed by atoms with van der Waals surface area (Å²) < 4.78 is 0. The van der Waals surface area contributed by atoms with Crippen LogP contribution >= 0.6 is 11.8 Å². The van der Waals surface area contributed by atoms with E-state index in [1.165, 1.54) is 28.8 Å². The van der Waals surface area contributed by atoms with E-state index < -0.39 is 42.0 Å². The molecule has 0 radical (unpaired) electrons. The molecule has 0 spiro atoms. The summed E-state index contributed by atoms with van der Waals surface area (Å²) in [6, 6.07) is 11.8. The van der Waals surface area contributed by atoms with Crippen molar-refractivity contribution in [3.63, 3.8) is 0 Å². The molecule has 0 aromatic heterocycles. The Morgan fingerprint density at radius 3 is 2.31 bits per heavy atom. The maximum absolute atomic E-state index is 13.4. The second-order valence-corrected chi connectivity index (χ2v) is 10.6. The van der Waals surface area contributed by atoms with Crippen molar-refractivity contribution in [2.75, 3.05) is 18.6 Å². The zero-order chi connectivity index (χ0) is 28.4. The lowest BCUT2D eigenvalue weighted by atomic mass is 10.0. The maximum atomic E-state index is 13.4. The number of benzene rings is 2. The van der Waals surface area contributed by atoms with Crippen LogP contribution in [0.4, 0.5) is 0 Å². The molecule has 1 saturated heterocycles. The molecule has 11 heteroatoms. The third kappa shape index (κ3) is 8.72. The number of carbonyl (C=O) groups excluding carboxylic acids is 3. The molecule has 10 nitrogen and oxygen atoms in total. The Morgan fingerprint density at radius 1 is 1.00 bits per heavy atom. The van der Waals surface area contributed by atoms with Crippen LogP contribution in [0.25, 0.3) is 0 Å². The van der Waals surface area contributed by atoms with Crippen LogP contribution in [0.5, 0.6) is 5.75 Å². The van der Waals surface area contributed by atoms with Crippen LogP contribution in [0.1, 0.15) is 30.4 Å². The van der Waals surface area contributed by atoms with Gasteiger partial charge in [0.15, 0.2) is 0 Å². The van der Waals surface area contributed by atoms with Crippen LogP contribution in [-0.2, 0) is 32.0 Å². The molecule has 0 saturated carbocycles. The first-order valence-corrected chi connectivity index (χ1v) is 14.3. The smallest absolute Gasteiger partial charge is 0.326 e. The number of hydrogen-bond acceptors (Lipinski definition) is 7. The largest absolute Gasteiger partial charge is 0.508 e. The summed E-state index contributed by atoms with van der Waals surface area (Å²) in [5, 5.41) is 24.4. The fraction of sp³-hybridized carbons (Fsp3) is 0.429. The molecule has 2 aromatic rings. The molecule has 1 aliphatic rings. The molecular formula is C28H36N4O6S. The van der Waals surface area contributed by atoms with Gasteiger partial charge in [0.1, 0.15) is 23.9 Å². The van der Waals surface area contributed by atoms with E-state index in [0.29, 0.717) is 25.1 Å². The summed E-state index contributed by atoms with van der Waals surface area (Å²) in [5.74, 6) is -1.92. The highest BCUT2D eigenvalue weighted by atomic mass is 32.2. The van der Waals surface area contributed by atoms with Crippen LogP contribution in [0.2, 0.25) is 0 Å². The minimum Gasteiger partial charge on any atom is -0.508 e. The number of nitrogens with one attached hydrogen (secondary N) is 2. The molecule has 1 fully saturated rings. The number of phenols is 1. The Hall–Kier alpha value is -3.57. The summed E-state index contributed by atoms with van der Waals surface area (Å²) >= 11 is 1.48. The summed E-state index contributed by atoms with van der Waals surface area (Å²) in [4.78, 5) is 53.0. The molecule has 0 bridgehead atoms. The number of likely N-dealkylation sites (tertiary alicyclic amines) is 1. The van der Waals surface area contributed by atoms with Crippen LogP contribution in [0.3, 0.4) is 0 Å². The molecule has 39 heavy (non-hydrogen) atoms. The van der Waals surface area contributed by atoms with Gasteiger partial charge in [-0.15, -0.1) is 0 Å². The van der Waals surface area contributed by atoms with Crippen molar-refractivity contribution in [2.45, 2.75) is 56.3 Å². The van der Waals surface area contributed by atoms with Gasteiger partial charge in [-0.05, 0) is 61.0 Å². The van der Waals surface area contributed by atoms with Gasteiger partial charge in [0.2, 0.25) is 17.7 Å². The number of aliphatic carboxylic acids is 1. The minimum absolute atomic E-state index is 0.114. The van der Waals surface area contributed by atoms with Crippen LogP contribution in [-0.4, -0.2) is 81.5 Å². The number of nitrogens with zero attached hydrogens (tertiary/aromatic N) is 1. The Labute approximate surface area is 232 Å². The van der Waals surface area contributed by atoms with Crippen molar-refractivity contribution in [3.05, 3.63) is 65.7 Å². The molecule has 1 aliphatic heterocycles. The van der Waals surface area contributed by atoms with Crippen molar-refractivity contribution in [3.8, 4) is 5.75 Å². The monoisotopic (exact) mass is 556 g/mol. The molecule has 4 unspecified atom stereocenters. The second kappa shape index (κ2) is 14.5. The highest BCUT2D eigenvalue weighted by Crippen LogP contribution is 2.20. The normalized spacial score (nSPS) is 17.2. The first kappa shape index (κ1) is 30.0. The lowest BCUT2D eigenvalue weighted by molar-refractivity contribution is -0.143. The predicted molar refractivity (Wildman–Crippen MR) is 149 cm³/mol. The molecule has 4 atom stereocenters. The molecule has 210 valence electrons. The number of aromatic hydroxyl groups is 1. The second-order valence-electron chi connectivity index (χ2n) is 9.60. The topological polar surface area (TPSA) is 162 Å². The quantitative estimate of drug-likeness (QED) is 0.247. The lowest BCUT2D eigenvalue weighted by Gasteiger charge is -2.29. The van der Waals surface area contributed by atoms with Gasteiger partial charge in [-0.2, -0.15) is 11.8 Å². The fourth-order valence-corrected chi connectivity index (χ4v) is 5.05. The van der Waals surface area contributed by atoms with E-state index in [4.69, 9.17) is 5.73 Å². The van der Waals surface area contributed by atoms with E-state index >= 15 is 0 Å². The van der Waals surface area contributed by atoms with Gasteiger partial charge in [0, 0.05) is 13.0 Å². The van der Waals surface area contributed by atoms with Gasteiger partial charge < -0.3 is 31.5 Å². The van der Waals surface area contributed by atoms with Crippen molar-refractivity contribution >= 4 is 35.5 Å². The molecule has 2 aromatic carbocycles.